The summed E-state index contributed by atoms with van der Waals surface area (Å²) < 4.78 is 1.89. The van der Waals surface area contributed by atoms with Crippen molar-refractivity contribution in [2.45, 2.75) is 46.6 Å². The van der Waals surface area contributed by atoms with E-state index < -0.39 is 5.91 Å². The molecule has 0 atom stereocenters. The summed E-state index contributed by atoms with van der Waals surface area (Å²) in [6.45, 7) is 6.88. The maximum Gasteiger partial charge on any atom is 0.265 e. The van der Waals surface area contributed by atoms with Gasteiger partial charge in [0.25, 0.3) is 5.91 Å². The highest BCUT2D eigenvalue weighted by molar-refractivity contribution is 5.95. The maximum absolute atomic E-state index is 12.0. The van der Waals surface area contributed by atoms with Crippen molar-refractivity contribution in [3.05, 3.63) is 71.3 Å². The van der Waals surface area contributed by atoms with Crippen LogP contribution in [0.5, 0.6) is 0 Å². The first-order chi connectivity index (χ1) is 14.0. The summed E-state index contributed by atoms with van der Waals surface area (Å²) in [5.74, 6) is 0.280. The van der Waals surface area contributed by atoms with Crippen LogP contribution in [-0.2, 0) is 11.3 Å². The van der Waals surface area contributed by atoms with Crippen LogP contribution in [0.3, 0.4) is 0 Å². The Kier molecular flexibility index (Phi) is 8.40. The molecule has 0 aliphatic heterocycles. The van der Waals surface area contributed by atoms with Gasteiger partial charge in [0, 0.05) is 13.6 Å². The molecule has 0 unspecified atom stereocenters. The van der Waals surface area contributed by atoms with Crippen LogP contribution >= 0.6 is 0 Å². The Hall–Kier alpha value is -3.15. The van der Waals surface area contributed by atoms with Crippen molar-refractivity contribution >= 4 is 17.6 Å². The van der Waals surface area contributed by atoms with Crippen LogP contribution in [0.25, 0.3) is 11.7 Å². The Morgan fingerprint density at radius 1 is 1.07 bits per heavy atom. The number of benzene rings is 1. The molecular formula is C23H31N5O. The van der Waals surface area contributed by atoms with Gasteiger partial charge in [0.05, 0.1) is 5.69 Å². The summed E-state index contributed by atoms with van der Waals surface area (Å²) in [5.41, 5.74) is 8.68. The van der Waals surface area contributed by atoms with Gasteiger partial charge < -0.3 is 10.6 Å². The molecule has 3 aromatic rings. The lowest BCUT2D eigenvalue weighted by molar-refractivity contribution is -0.115. The highest BCUT2D eigenvalue weighted by Crippen LogP contribution is 2.15. The predicted octanol–water partition coefficient (Wildman–Crippen LogP) is 4.19. The molecule has 0 bridgehead atoms. The third-order valence-electron chi connectivity index (χ3n) is 4.54. The smallest absolute Gasteiger partial charge is 0.265 e. The number of fused-ring (bicyclic) bond motifs is 1. The van der Waals surface area contributed by atoms with Crippen LogP contribution in [0.15, 0.2) is 54.2 Å². The molecular weight excluding hydrogens is 362 g/mol. The third-order valence-corrected chi connectivity index (χ3v) is 4.54. The fourth-order valence-corrected chi connectivity index (χ4v) is 3.03. The Bertz CT molecular complexity index is 944. The quantitative estimate of drug-likeness (QED) is 0.611. The topological polar surface area (TPSA) is 76.5 Å². The number of hydrogen-bond acceptors (Lipinski definition) is 4. The highest BCUT2D eigenvalue weighted by atomic mass is 16.1. The minimum absolute atomic E-state index is 0.430. The number of aromatic nitrogens is 3. The molecule has 0 aliphatic rings. The molecule has 3 rings (SSSR count). The largest absolute Gasteiger partial charge is 0.366 e. The summed E-state index contributed by atoms with van der Waals surface area (Å²) in [6.07, 6.45) is 5.85. The van der Waals surface area contributed by atoms with Crippen molar-refractivity contribution in [3.63, 3.8) is 0 Å². The van der Waals surface area contributed by atoms with Crippen molar-refractivity contribution in [1.29, 1.82) is 0 Å². The minimum atomic E-state index is -0.476. The molecule has 154 valence electrons. The Morgan fingerprint density at radius 3 is 2.34 bits per heavy atom. The van der Waals surface area contributed by atoms with Crippen LogP contribution < -0.4 is 5.73 Å². The number of likely N-dealkylation sites (N-methyl/N-ethyl adjacent to an activating group) is 1. The summed E-state index contributed by atoms with van der Waals surface area (Å²) >= 11 is 0. The van der Waals surface area contributed by atoms with Crippen LogP contribution in [0, 0.1) is 6.92 Å². The van der Waals surface area contributed by atoms with Gasteiger partial charge in [-0.1, -0.05) is 69.5 Å². The van der Waals surface area contributed by atoms with Crippen molar-refractivity contribution in [2.24, 2.45) is 5.73 Å². The minimum Gasteiger partial charge on any atom is -0.366 e. The molecule has 0 spiro atoms. The molecule has 2 N–H and O–H groups in total. The molecule has 0 saturated carbocycles. The van der Waals surface area contributed by atoms with Gasteiger partial charge in [-0.25, -0.2) is 0 Å². The number of nitrogens with zero attached hydrogens (tertiary/aromatic N) is 4. The van der Waals surface area contributed by atoms with Gasteiger partial charge in [0.1, 0.15) is 11.5 Å². The Morgan fingerprint density at radius 2 is 1.76 bits per heavy atom. The average Bonchev–Trinajstić information content (AvgIpc) is 3.09. The van der Waals surface area contributed by atoms with E-state index in [1.807, 2.05) is 71.8 Å². The summed E-state index contributed by atoms with van der Waals surface area (Å²) in [7, 11) is 1.85. The number of amides is 1. The molecule has 1 aromatic carbocycles. The van der Waals surface area contributed by atoms with Gasteiger partial charge in [0.2, 0.25) is 0 Å². The first-order valence-electron chi connectivity index (χ1n) is 10.0. The van der Waals surface area contributed by atoms with E-state index in [4.69, 9.17) is 5.73 Å². The lowest BCUT2D eigenvalue weighted by Gasteiger charge is -2.21. The number of hydrogen-bond donors (Lipinski definition) is 1. The fourth-order valence-electron chi connectivity index (χ4n) is 3.03. The molecule has 0 fully saturated rings. The van der Waals surface area contributed by atoms with E-state index in [1.54, 1.807) is 6.08 Å². The van der Waals surface area contributed by atoms with Gasteiger partial charge in [-0.2, -0.15) is 0 Å². The van der Waals surface area contributed by atoms with E-state index in [9.17, 15) is 4.79 Å². The molecule has 0 aliphatic carbocycles. The van der Waals surface area contributed by atoms with Crippen LogP contribution in [0.1, 0.15) is 50.2 Å². The molecule has 2 aromatic heterocycles. The van der Waals surface area contributed by atoms with Crippen LogP contribution in [0.4, 0.5) is 0 Å². The van der Waals surface area contributed by atoms with E-state index in [1.165, 1.54) is 19.3 Å². The van der Waals surface area contributed by atoms with Crippen molar-refractivity contribution in [2.75, 3.05) is 7.05 Å². The van der Waals surface area contributed by atoms with Crippen molar-refractivity contribution < 1.29 is 4.79 Å². The molecule has 29 heavy (non-hydrogen) atoms. The SMILES string of the molecule is CCCCC.Cc1nnc2cccc(/C=C(/C(N)=O)N(C)Cc3ccccc3)n12. The monoisotopic (exact) mass is 393 g/mol. The lowest BCUT2D eigenvalue weighted by Crippen LogP contribution is -2.28. The standard InChI is InChI=1S/C18H19N5O.C5H12/c1-13-20-21-17-10-6-9-15(23(13)17)11-16(18(19)24)22(2)12-14-7-4-3-5-8-14;1-3-5-4-2/h3-11H,12H2,1-2H3,(H2,19,24);3-5H2,1-2H3/b16-11-;. The normalized spacial score (nSPS) is 11.1. The zero-order valence-electron chi connectivity index (χ0n) is 17.8. The zero-order chi connectivity index (χ0) is 21.2. The molecule has 0 radical (unpaired) electrons. The van der Waals surface area contributed by atoms with Crippen molar-refractivity contribution in [1.82, 2.24) is 19.5 Å². The number of rotatable bonds is 7. The summed E-state index contributed by atoms with van der Waals surface area (Å²) in [6, 6.07) is 15.6. The fraction of sp³-hybridized carbons (Fsp3) is 0.348. The zero-order valence-corrected chi connectivity index (χ0v) is 17.8. The van der Waals surface area contributed by atoms with Gasteiger partial charge in [0.15, 0.2) is 5.65 Å². The van der Waals surface area contributed by atoms with E-state index in [2.05, 4.69) is 24.0 Å². The Balaban J connectivity index is 0.000000537. The second kappa shape index (κ2) is 11.0. The van der Waals surface area contributed by atoms with E-state index in [0.29, 0.717) is 12.2 Å². The molecule has 0 saturated heterocycles. The second-order valence-electron chi connectivity index (χ2n) is 6.98. The lowest BCUT2D eigenvalue weighted by atomic mass is 10.2. The van der Waals surface area contributed by atoms with E-state index in [0.717, 1.165) is 22.7 Å². The molecule has 6 heteroatoms. The summed E-state index contributed by atoms with van der Waals surface area (Å²) in [4.78, 5) is 13.8. The van der Waals surface area contributed by atoms with E-state index in [-0.39, 0.29) is 0 Å². The molecule has 6 nitrogen and oxygen atoms in total. The van der Waals surface area contributed by atoms with Crippen LogP contribution in [0.2, 0.25) is 0 Å². The van der Waals surface area contributed by atoms with Gasteiger partial charge >= 0.3 is 0 Å². The summed E-state index contributed by atoms with van der Waals surface area (Å²) in [5, 5.41) is 8.17. The number of aryl methyl sites for hydroxylation is 1. The number of unbranched alkanes of at least 4 members (excludes halogenated alkanes) is 2. The second-order valence-corrected chi connectivity index (χ2v) is 6.98. The Labute approximate surface area is 173 Å². The van der Waals surface area contributed by atoms with Crippen LogP contribution in [-0.4, -0.2) is 32.5 Å². The average molecular weight is 394 g/mol. The highest BCUT2D eigenvalue weighted by Gasteiger charge is 2.13. The number of primary amides is 1. The number of pyridine rings is 1. The number of carbonyl (C=O) groups is 1. The van der Waals surface area contributed by atoms with Gasteiger partial charge in [-0.05, 0) is 30.7 Å². The molecule has 1 amide bonds. The predicted molar refractivity (Wildman–Crippen MR) is 118 cm³/mol. The number of carbonyl (C=O) groups excluding carboxylic acids is 1. The first-order valence-corrected chi connectivity index (χ1v) is 10.0. The van der Waals surface area contributed by atoms with Gasteiger partial charge in [-0.3, -0.25) is 9.20 Å². The van der Waals surface area contributed by atoms with Crippen molar-refractivity contribution in [3.8, 4) is 0 Å². The molecule has 2 heterocycles. The van der Waals surface area contributed by atoms with E-state index >= 15 is 0 Å². The third kappa shape index (κ3) is 6.17. The first kappa shape index (κ1) is 22.1. The number of nitrogens with two attached hydrogens (primary N) is 1. The van der Waals surface area contributed by atoms with Gasteiger partial charge in [-0.15, -0.1) is 10.2 Å². The maximum atomic E-state index is 12.0.